The van der Waals surface area contributed by atoms with Gasteiger partial charge in [-0.3, -0.25) is 9.59 Å². The lowest BCUT2D eigenvalue weighted by Crippen LogP contribution is -2.33. The molecule has 1 aromatic carbocycles. The third-order valence-electron chi connectivity index (χ3n) is 4.75. The molecule has 0 aliphatic carbocycles. The number of unbranched alkanes of at least 4 members (excludes halogenated alkanes) is 6. The number of benzene rings is 1. The Hall–Kier alpha value is -2.98. The van der Waals surface area contributed by atoms with Gasteiger partial charge in [0.15, 0.2) is 6.10 Å². The predicted molar refractivity (Wildman–Crippen MR) is 126 cm³/mol. The molecule has 4 heteroatoms. The first-order valence-electron chi connectivity index (χ1n) is 11.1. The number of amides is 1. The Morgan fingerprint density at radius 2 is 1.65 bits per heavy atom. The monoisotopic (exact) mass is 421 g/mol. The number of nitrogens with one attached hydrogen (secondary N) is 1. The minimum absolute atomic E-state index is 0.140. The molecule has 0 spiro atoms. The Morgan fingerprint density at radius 3 is 2.26 bits per heavy atom. The third-order valence-corrected chi connectivity index (χ3v) is 4.75. The molecule has 1 N–H and O–H groups in total. The summed E-state index contributed by atoms with van der Waals surface area (Å²) in [6.07, 6.45) is 9.93. The van der Waals surface area contributed by atoms with E-state index in [9.17, 15) is 9.59 Å². The second-order valence-corrected chi connectivity index (χ2v) is 7.61. The van der Waals surface area contributed by atoms with Crippen LogP contribution in [-0.2, 0) is 9.53 Å². The van der Waals surface area contributed by atoms with Crippen molar-refractivity contribution in [1.29, 1.82) is 0 Å². The molecule has 0 radical (unpaired) electrons. The Kier molecular flexibility index (Phi) is 13.3. The van der Waals surface area contributed by atoms with Crippen LogP contribution in [0.3, 0.4) is 0 Å². The molecule has 1 rings (SSSR count). The molecule has 4 nitrogen and oxygen atoms in total. The minimum atomic E-state index is -0.685. The highest BCUT2D eigenvalue weighted by Gasteiger charge is 2.11. The largest absolute Gasteiger partial charge is 0.445 e. The van der Waals surface area contributed by atoms with E-state index in [4.69, 9.17) is 4.74 Å². The van der Waals surface area contributed by atoms with Crippen molar-refractivity contribution in [2.24, 2.45) is 0 Å². The van der Waals surface area contributed by atoms with Gasteiger partial charge in [-0.05, 0) is 49.3 Å². The first-order valence-corrected chi connectivity index (χ1v) is 11.1. The molecule has 0 saturated carbocycles. The van der Waals surface area contributed by atoms with Crippen molar-refractivity contribution in [3.8, 4) is 23.7 Å². The molecule has 0 bridgehead atoms. The maximum absolute atomic E-state index is 12.6. The summed E-state index contributed by atoms with van der Waals surface area (Å²) in [5, 5.41) is 3.01. The Morgan fingerprint density at radius 1 is 1.03 bits per heavy atom. The van der Waals surface area contributed by atoms with Crippen molar-refractivity contribution in [2.75, 3.05) is 0 Å². The van der Waals surface area contributed by atoms with Crippen LogP contribution in [0.2, 0.25) is 0 Å². The van der Waals surface area contributed by atoms with Crippen LogP contribution in [-0.4, -0.2) is 24.0 Å². The number of carbonyl (C=O) groups excluding carboxylic acids is 2. The first kappa shape index (κ1) is 26.1. The van der Waals surface area contributed by atoms with Crippen LogP contribution in [0.5, 0.6) is 0 Å². The van der Waals surface area contributed by atoms with Gasteiger partial charge in [-0.2, -0.15) is 0 Å². The Balaban J connectivity index is 2.71. The summed E-state index contributed by atoms with van der Waals surface area (Å²) < 4.78 is 4.99. The topological polar surface area (TPSA) is 55.4 Å². The lowest BCUT2D eigenvalue weighted by molar-refractivity contribution is -0.142. The van der Waals surface area contributed by atoms with Crippen LogP contribution >= 0.6 is 0 Å². The third kappa shape index (κ3) is 12.3. The lowest BCUT2D eigenvalue weighted by Gasteiger charge is -2.13. The highest BCUT2D eigenvalue weighted by atomic mass is 16.5. The lowest BCUT2D eigenvalue weighted by atomic mass is 10.0. The number of rotatable bonds is 12. The van der Waals surface area contributed by atoms with Crippen LogP contribution in [0.25, 0.3) is 0 Å². The van der Waals surface area contributed by atoms with Gasteiger partial charge in [0, 0.05) is 12.5 Å². The zero-order valence-corrected chi connectivity index (χ0v) is 19.1. The quantitative estimate of drug-likeness (QED) is 0.214. The molecule has 0 fully saturated rings. The maximum Gasteiger partial charge on any atom is 0.304 e. The fourth-order valence-corrected chi connectivity index (χ4v) is 2.98. The van der Waals surface area contributed by atoms with E-state index in [1.54, 1.807) is 0 Å². The van der Waals surface area contributed by atoms with E-state index in [0.29, 0.717) is 5.56 Å². The maximum atomic E-state index is 12.6. The van der Waals surface area contributed by atoms with E-state index in [-0.39, 0.29) is 11.9 Å². The predicted octanol–water partition coefficient (Wildman–Crippen LogP) is 5.36. The molecule has 1 amide bonds. The van der Waals surface area contributed by atoms with Gasteiger partial charge in [0.25, 0.3) is 5.91 Å². The van der Waals surface area contributed by atoms with Crippen LogP contribution in [0.15, 0.2) is 36.9 Å². The molecule has 2 atom stereocenters. The van der Waals surface area contributed by atoms with Gasteiger partial charge < -0.3 is 10.1 Å². The molecule has 166 valence electrons. The molecular weight excluding hydrogens is 386 g/mol. The van der Waals surface area contributed by atoms with Crippen LogP contribution in [0.4, 0.5) is 0 Å². The van der Waals surface area contributed by atoms with Gasteiger partial charge in [-0.15, -0.1) is 0 Å². The van der Waals surface area contributed by atoms with E-state index in [1.165, 1.54) is 45.1 Å². The number of ether oxygens (including phenoxy) is 1. The smallest absolute Gasteiger partial charge is 0.304 e. The van der Waals surface area contributed by atoms with Crippen molar-refractivity contribution in [3.05, 3.63) is 48.0 Å². The molecule has 0 unspecified atom stereocenters. The summed E-state index contributed by atoms with van der Waals surface area (Å²) in [5.41, 5.74) is 1.72. The van der Waals surface area contributed by atoms with Gasteiger partial charge >= 0.3 is 5.97 Å². The second kappa shape index (κ2) is 15.8. The number of aryl methyl sites for hydroxylation is 1. The standard InChI is InChI=1S/C27H35NO3/c1-5-7-8-9-10-11-12-15-25(16-13-14-17-26(6-2)31-23(4)29)28-27(30)24-20-18-22(3)19-21-24/h6,18-21,25-26H,2,5,7-12,15H2,1,3-4H3,(H,28,30)/t25-,26-/m0/s1. The van der Waals surface area contributed by atoms with Gasteiger partial charge in [0.05, 0.1) is 6.04 Å². The normalized spacial score (nSPS) is 11.7. The van der Waals surface area contributed by atoms with Gasteiger partial charge in [-0.1, -0.05) is 82.1 Å². The van der Waals surface area contributed by atoms with Crippen molar-refractivity contribution >= 4 is 11.9 Å². The second-order valence-electron chi connectivity index (χ2n) is 7.61. The van der Waals surface area contributed by atoms with Crippen molar-refractivity contribution in [2.45, 2.75) is 84.3 Å². The molecule has 0 saturated heterocycles. The summed E-state index contributed by atoms with van der Waals surface area (Å²) in [6.45, 7) is 9.12. The van der Waals surface area contributed by atoms with Crippen LogP contribution < -0.4 is 5.32 Å². The van der Waals surface area contributed by atoms with Crippen LogP contribution in [0, 0.1) is 30.6 Å². The zero-order valence-electron chi connectivity index (χ0n) is 19.1. The highest BCUT2D eigenvalue weighted by Crippen LogP contribution is 2.10. The first-order chi connectivity index (χ1) is 15.0. The van der Waals surface area contributed by atoms with Crippen molar-refractivity contribution < 1.29 is 14.3 Å². The summed E-state index contributed by atoms with van der Waals surface area (Å²) in [6, 6.07) is 7.19. The van der Waals surface area contributed by atoms with Crippen molar-refractivity contribution in [1.82, 2.24) is 5.32 Å². The van der Waals surface area contributed by atoms with Crippen molar-refractivity contribution in [3.63, 3.8) is 0 Å². The van der Waals surface area contributed by atoms with Gasteiger partial charge in [-0.25, -0.2) is 0 Å². The van der Waals surface area contributed by atoms with E-state index < -0.39 is 12.1 Å². The fourth-order valence-electron chi connectivity index (χ4n) is 2.98. The molecule has 0 aliphatic heterocycles. The Bertz CT molecular complexity index is 818. The highest BCUT2D eigenvalue weighted by molar-refractivity contribution is 5.94. The van der Waals surface area contributed by atoms with Crippen LogP contribution in [0.1, 0.15) is 81.1 Å². The molecule has 1 aromatic rings. The molecule has 0 aromatic heterocycles. The minimum Gasteiger partial charge on any atom is -0.445 e. The average Bonchev–Trinajstić information content (AvgIpc) is 2.74. The Labute approximate surface area is 187 Å². The number of esters is 1. The summed E-state index contributed by atoms with van der Waals surface area (Å²) in [4.78, 5) is 23.6. The average molecular weight is 422 g/mol. The SMILES string of the molecule is C=C[C@@H](C#CC#C[C@H](CCCCCCCCC)NC(=O)c1ccc(C)cc1)OC(C)=O. The number of hydrogen-bond donors (Lipinski definition) is 1. The number of carbonyl (C=O) groups is 2. The van der Waals surface area contributed by atoms with E-state index >= 15 is 0 Å². The van der Waals surface area contributed by atoms with Gasteiger partial charge in [0.2, 0.25) is 0 Å². The summed E-state index contributed by atoms with van der Waals surface area (Å²) in [5.74, 6) is 10.7. The molecule has 0 heterocycles. The summed E-state index contributed by atoms with van der Waals surface area (Å²) >= 11 is 0. The van der Waals surface area contributed by atoms with E-state index in [0.717, 1.165) is 24.8 Å². The summed E-state index contributed by atoms with van der Waals surface area (Å²) in [7, 11) is 0. The number of hydrogen-bond acceptors (Lipinski definition) is 3. The van der Waals surface area contributed by atoms with E-state index in [1.807, 2.05) is 31.2 Å². The molecule has 31 heavy (non-hydrogen) atoms. The molecule has 0 aliphatic rings. The zero-order chi connectivity index (χ0) is 22.9. The molecular formula is C27H35NO3. The van der Waals surface area contributed by atoms with E-state index in [2.05, 4.69) is 42.5 Å². The van der Waals surface area contributed by atoms with Gasteiger partial charge in [0.1, 0.15) is 0 Å². The fraction of sp³-hybridized carbons (Fsp3) is 0.481.